The average Bonchev–Trinajstić information content (AvgIpc) is 2.68. The molecule has 16 heavy (non-hydrogen) atoms. The van der Waals surface area contributed by atoms with Gasteiger partial charge < -0.3 is 5.73 Å². The van der Waals surface area contributed by atoms with Crippen molar-refractivity contribution >= 4 is 16.6 Å². The van der Waals surface area contributed by atoms with Crippen molar-refractivity contribution in [1.82, 2.24) is 10.2 Å². The van der Waals surface area contributed by atoms with Crippen molar-refractivity contribution in [2.75, 3.05) is 6.54 Å². The molecule has 1 aromatic carbocycles. The molecule has 0 atom stereocenters. The van der Waals surface area contributed by atoms with Crippen LogP contribution in [-0.4, -0.2) is 21.7 Å². The van der Waals surface area contributed by atoms with E-state index in [1.807, 2.05) is 0 Å². The molecule has 2 rings (SSSR count). The third-order valence-electron chi connectivity index (χ3n) is 2.06. The van der Waals surface area contributed by atoms with Crippen LogP contribution >= 0.6 is 0 Å². The van der Waals surface area contributed by atoms with Crippen molar-refractivity contribution in [3.63, 3.8) is 0 Å². The van der Waals surface area contributed by atoms with Gasteiger partial charge in [0.1, 0.15) is 5.69 Å². The Hall–Kier alpha value is -2.39. The summed E-state index contributed by atoms with van der Waals surface area (Å²) in [6, 6.07) is 4.43. The van der Waals surface area contributed by atoms with Crippen LogP contribution in [0.15, 0.2) is 18.2 Å². The fourth-order valence-electron chi connectivity index (χ4n) is 1.35. The fraction of sp³-hybridized carbons (Fsp3) is 0.100. The number of nitro groups is 1. The number of hydrogen-bond donors (Lipinski definition) is 2. The molecule has 6 nitrogen and oxygen atoms in total. The van der Waals surface area contributed by atoms with Gasteiger partial charge in [0.25, 0.3) is 5.69 Å². The van der Waals surface area contributed by atoms with Gasteiger partial charge in [-0.05, 0) is 12.0 Å². The minimum atomic E-state index is -0.452. The zero-order valence-corrected chi connectivity index (χ0v) is 8.23. The van der Waals surface area contributed by atoms with E-state index in [-0.39, 0.29) is 12.2 Å². The highest BCUT2D eigenvalue weighted by Gasteiger charge is 2.10. The minimum Gasteiger partial charge on any atom is -0.320 e. The SMILES string of the molecule is NCC#Cc1[nH]nc2ccc([N+](=O)[O-])cc12. The van der Waals surface area contributed by atoms with Gasteiger partial charge in [-0.1, -0.05) is 5.92 Å². The Morgan fingerprint density at radius 2 is 2.38 bits per heavy atom. The number of aromatic nitrogens is 2. The molecule has 2 aromatic rings. The molecule has 0 amide bonds. The number of fused-ring (bicyclic) bond motifs is 1. The van der Waals surface area contributed by atoms with E-state index in [1.165, 1.54) is 12.1 Å². The second-order valence-corrected chi connectivity index (χ2v) is 3.06. The molecule has 0 unspecified atom stereocenters. The lowest BCUT2D eigenvalue weighted by atomic mass is 10.2. The summed E-state index contributed by atoms with van der Waals surface area (Å²) < 4.78 is 0. The Balaban J connectivity index is 2.60. The number of nitrogens with zero attached hydrogens (tertiary/aromatic N) is 2. The van der Waals surface area contributed by atoms with E-state index < -0.39 is 4.92 Å². The molecule has 0 bridgehead atoms. The number of nitro benzene ring substituents is 1. The van der Waals surface area contributed by atoms with E-state index >= 15 is 0 Å². The van der Waals surface area contributed by atoms with Gasteiger partial charge in [-0.25, -0.2) is 0 Å². The van der Waals surface area contributed by atoms with Crippen LogP contribution < -0.4 is 5.73 Å². The van der Waals surface area contributed by atoms with Crippen molar-refractivity contribution in [2.45, 2.75) is 0 Å². The van der Waals surface area contributed by atoms with Gasteiger partial charge in [-0.3, -0.25) is 15.2 Å². The van der Waals surface area contributed by atoms with Crippen LogP contribution in [0.5, 0.6) is 0 Å². The van der Waals surface area contributed by atoms with Gasteiger partial charge in [0.05, 0.1) is 17.0 Å². The lowest BCUT2D eigenvalue weighted by Gasteiger charge is -1.90. The number of benzene rings is 1. The predicted octanol–water partition coefficient (Wildman–Crippen LogP) is 0.781. The molecule has 0 aliphatic rings. The molecule has 0 spiro atoms. The van der Waals surface area contributed by atoms with Crippen LogP contribution in [0.4, 0.5) is 5.69 Å². The normalized spacial score (nSPS) is 9.81. The number of nitrogens with two attached hydrogens (primary N) is 1. The Morgan fingerprint density at radius 1 is 1.56 bits per heavy atom. The first-order valence-electron chi connectivity index (χ1n) is 4.54. The summed E-state index contributed by atoms with van der Waals surface area (Å²) in [5.74, 6) is 5.45. The smallest absolute Gasteiger partial charge is 0.270 e. The number of hydrogen-bond acceptors (Lipinski definition) is 4. The molecule has 0 fully saturated rings. The number of rotatable bonds is 1. The predicted molar refractivity (Wildman–Crippen MR) is 58.7 cm³/mol. The summed E-state index contributed by atoms with van der Waals surface area (Å²) in [4.78, 5) is 10.2. The highest BCUT2D eigenvalue weighted by molar-refractivity contribution is 5.86. The first kappa shape index (κ1) is 10.1. The largest absolute Gasteiger partial charge is 0.320 e. The van der Waals surface area contributed by atoms with E-state index in [0.717, 1.165) is 0 Å². The van der Waals surface area contributed by atoms with E-state index in [9.17, 15) is 10.1 Å². The van der Waals surface area contributed by atoms with E-state index in [2.05, 4.69) is 22.0 Å². The van der Waals surface area contributed by atoms with Gasteiger partial charge in [0.2, 0.25) is 0 Å². The third-order valence-corrected chi connectivity index (χ3v) is 2.06. The standard InChI is InChI=1S/C10H8N4O2/c11-5-1-2-9-8-6-7(14(15)16)3-4-10(8)13-12-9/h3-4,6H,5,11H2,(H,12,13). The van der Waals surface area contributed by atoms with Crippen LogP contribution in [0.25, 0.3) is 10.9 Å². The molecule has 0 aliphatic heterocycles. The summed E-state index contributed by atoms with van der Waals surface area (Å²) in [6.45, 7) is 0.232. The molecular formula is C10H8N4O2. The highest BCUT2D eigenvalue weighted by atomic mass is 16.6. The highest BCUT2D eigenvalue weighted by Crippen LogP contribution is 2.21. The summed E-state index contributed by atoms with van der Waals surface area (Å²) in [7, 11) is 0. The number of nitrogens with one attached hydrogen (secondary N) is 1. The maximum atomic E-state index is 10.6. The monoisotopic (exact) mass is 216 g/mol. The Labute approximate surface area is 90.6 Å². The number of H-pyrrole nitrogens is 1. The molecule has 80 valence electrons. The summed E-state index contributed by atoms with van der Waals surface area (Å²) in [5, 5.41) is 17.9. The van der Waals surface area contributed by atoms with Crippen molar-refractivity contribution in [2.24, 2.45) is 5.73 Å². The van der Waals surface area contributed by atoms with Crippen LogP contribution in [0.1, 0.15) is 5.69 Å². The van der Waals surface area contributed by atoms with Crippen LogP contribution in [-0.2, 0) is 0 Å². The third kappa shape index (κ3) is 1.71. The van der Waals surface area contributed by atoms with Gasteiger partial charge in [0, 0.05) is 17.5 Å². The second kappa shape index (κ2) is 4.00. The topological polar surface area (TPSA) is 97.8 Å². The lowest BCUT2D eigenvalue weighted by molar-refractivity contribution is -0.384. The Morgan fingerprint density at radius 3 is 3.06 bits per heavy atom. The van der Waals surface area contributed by atoms with Crippen molar-refractivity contribution < 1.29 is 4.92 Å². The summed E-state index contributed by atoms with van der Waals surface area (Å²) in [5.41, 5.74) is 6.46. The van der Waals surface area contributed by atoms with Crippen molar-refractivity contribution in [3.8, 4) is 11.8 Å². The quantitative estimate of drug-likeness (QED) is 0.418. The van der Waals surface area contributed by atoms with Gasteiger partial charge in [-0.15, -0.1) is 0 Å². The van der Waals surface area contributed by atoms with E-state index in [0.29, 0.717) is 16.6 Å². The molecule has 1 aromatic heterocycles. The molecule has 0 aliphatic carbocycles. The van der Waals surface area contributed by atoms with Crippen molar-refractivity contribution in [1.29, 1.82) is 0 Å². The Kier molecular flexibility index (Phi) is 2.54. The second-order valence-electron chi connectivity index (χ2n) is 3.06. The van der Waals surface area contributed by atoms with Crippen LogP contribution in [0.2, 0.25) is 0 Å². The van der Waals surface area contributed by atoms with Gasteiger partial charge in [0.15, 0.2) is 0 Å². The molecule has 6 heteroatoms. The zero-order chi connectivity index (χ0) is 11.5. The van der Waals surface area contributed by atoms with E-state index in [1.54, 1.807) is 6.07 Å². The summed E-state index contributed by atoms with van der Waals surface area (Å²) >= 11 is 0. The number of aromatic amines is 1. The molecule has 0 saturated heterocycles. The molecule has 1 heterocycles. The maximum Gasteiger partial charge on any atom is 0.270 e. The average molecular weight is 216 g/mol. The minimum absolute atomic E-state index is 0.0182. The molecular weight excluding hydrogens is 208 g/mol. The zero-order valence-electron chi connectivity index (χ0n) is 8.23. The van der Waals surface area contributed by atoms with Gasteiger partial charge >= 0.3 is 0 Å². The van der Waals surface area contributed by atoms with Crippen molar-refractivity contribution in [3.05, 3.63) is 34.0 Å². The first-order valence-corrected chi connectivity index (χ1v) is 4.54. The van der Waals surface area contributed by atoms with Gasteiger partial charge in [-0.2, -0.15) is 5.10 Å². The molecule has 3 N–H and O–H groups in total. The maximum absolute atomic E-state index is 10.6. The fourth-order valence-corrected chi connectivity index (χ4v) is 1.35. The lowest BCUT2D eigenvalue weighted by Crippen LogP contribution is -1.93. The van der Waals surface area contributed by atoms with Crippen LogP contribution in [0.3, 0.4) is 0 Å². The first-order chi connectivity index (χ1) is 7.72. The van der Waals surface area contributed by atoms with E-state index in [4.69, 9.17) is 5.73 Å². The summed E-state index contributed by atoms with van der Waals surface area (Å²) in [6.07, 6.45) is 0. The molecule has 0 saturated carbocycles. The number of non-ortho nitro benzene ring substituents is 1. The molecule has 0 radical (unpaired) electrons. The van der Waals surface area contributed by atoms with Crippen LogP contribution in [0, 0.1) is 22.0 Å². The Bertz CT molecular complexity index is 606.